The zero-order valence-electron chi connectivity index (χ0n) is 10.9. The van der Waals surface area contributed by atoms with Crippen molar-refractivity contribution >= 4 is 11.7 Å². The van der Waals surface area contributed by atoms with Crippen LogP contribution in [-0.4, -0.2) is 20.6 Å². The summed E-state index contributed by atoms with van der Waals surface area (Å²) in [4.78, 5) is 15.0. The number of hydrogen-bond donors (Lipinski definition) is 2. The number of nitrogens with zero attached hydrogens (tertiary/aromatic N) is 2. The van der Waals surface area contributed by atoms with Crippen LogP contribution in [0.3, 0.4) is 0 Å². The lowest BCUT2D eigenvalue weighted by molar-refractivity contribution is 0.0692. The zero-order valence-corrected chi connectivity index (χ0v) is 10.9. The fourth-order valence-electron chi connectivity index (χ4n) is 1.92. The smallest absolute Gasteiger partial charge is 0.338 e. The molecule has 0 fully saturated rings. The molecule has 0 saturated heterocycles. The van der Waals surface area contributed by atoms with E-state index in [0.717, 1.165) is 6.07 Å². The first kappa shape index (κ1) is 14.0. The topological polar surface area (TPSA) is 67.2 Å². The van der Waals surface area contributed by atoms with Crippen molar-refractivity contribution in [2.45, 2.75) is 13.0 Å². The van der Waals surface area contributed by atoms with Gasteiger partial charge in [-0.1, -0.05) is 0 Å². The molecule has 2 N–H and O–H groups in total. The van der Waals surface area contributed by atoms with Gasteiger partial charge < -0.3 is 15.0 Å². The molecule has 1 aromatic carbocycles. The van der Waals surface area contributed by atoms with Gasteiger partial charge in [0.2, 0.25) is 0 Å². The van der Waals surface area contributed by atoms with E-state index in [-0.39, 0.29) is 11.7 Å². The molecule has 7 heteroatoms. The molecule has 0 amide bonds. The molecular weight excluding hydrogens is 268 g/mol. The molecule has 0 spiro atoms. The summed E-state index contributed by atoms with van der Waals surface area (Å²) in [5.41, 5.74) is -0.666. The molecule has 0 aliphatic rings. The van der Waals surface area contributed by atoms with E-state index >= 15 is 0 Å². The molecule has 2 aromatic rings. The highest BCUT2D eigenvalue weighted by atomic mass is 19.1. The molecule has 5 nitrogen and oxygen atoms in total. The largest absolute Gasteiger partial charge is 0.478 e. The Bertz CT molecular complexity index is 655. The van der Waals surface area contributed by atoms with Crippen LogP contribution in [0.25, 0.3) is 0 Å². The third kappa shape index (κ3) is 2.61. The summed E-state index contributed by atoms with van der Waals surface area (Å²) >= 11 is 0. The number of aromatic carboxylic acids is 1. The SMILES string of the molecule is CC(Nc1cc(C(=O)O)c(F)cc1F)c1nccn1C. The third-order valence-electron chi connectivity index (χ3n) is 2.90. The maximum absolute atomic E-state index is 13.7. The van der Waals surface area contributed by atoms with E-state index in [1.54, 1.807) is 30.9 Å². The summed E-state index contributed by atoms with van der Waals surface area (Å²) in [5, 5.41) is 11.6. The van der Waals surface area contributed by atoms with Crippen molar-refractivity contribution in [2.75, 3.05) is 5.32 Å². The number of imidazole rings is 1. The maximum Gasteiger partial charge on any atom is 0.338 e. The first-order chi connectivity index (χ1) is 9.40. The van der Waals surface area contributed by atoms with Crippen molar-refractivity contribution in [3.63, 3.8) is 0 Å². The second kappa shape index (κ2) is 5.28. The Morgan fingerprint density at radius 3 is 2.65 bits per heavy atom. The number of benzene rings is 1. The van der Waals surface area contributed by atoms with Gasteiger partial charge in [-0.3, -0.25) is 0 Å². The van der Waals surface area contributed by atoms with Crippen LogP contribution in [0.2, 0.25) is 0 Å². The molecule has 1 heterocycles. The molecule has 1 aromatic heterocycles. The standard InChI is InChI=1S/C13H13F2N3O2/c1-7(12-16-3-4-18(12)2)17-11-5-8(13(19)20)9(14)6-10(11)15/h3-7,17H,1-2H3,(H,19,20). The lowest BCUT2D eigenvalue weighted by atomic mass is 10.1. The van der Waals surface area contributed by atoms with E-state index in [1.807, 2.05) is 0 Å². The van der Waals surface area contributed by atoms with E-state index in [1.165, 1.54) is 0 Å². The van der Waals surface area contributed by atoms with E-state index in [0.29, 0.717) is 11.9 Å². The van der Waals surface area contributed by atoms with Crippen LogP contribution in [-0.2, 0) is 7.05 Å². The number of nitrogens with one attached hydrogen (secondary N) is 1. The first-order valence-corrected chi connectivity index (χ1v) is 5.86. The first-order valence-electron chi connectivity index (χ1n) is 5.86. The Balaban J connectivity index is 2.32. The predicted molar refractivity (Wildman–Crippen MR) is 68.6 cm³/mol. The van der Waals surface area contributed by atoms with Crippen molar-refractivity contribution in [2.24, 2.45) is 7.05 Å². The van der Waals surface area contributed by atoms with Crippen LogP contribution >= 0.6 is 0 Å². The number of rotatable bonds is 4. The minimum atomic E-state index is -1.45. The number of aryl methyl sites for hydroxylation is 1. The van der Waals surface area contributed by atoms with E-state index in [4.69, 9.17) is 5.11 Å². The Hall–Kier alpha value is -2.44. The zero-order chi connectivity index (χ0) is 14.9. The van der Waals surface area contributed by atoms with Gasteiger partial charge in [0.1, 0.15) is 17.5 Å². The molecule has 20 heavy (non-hydrogen) atoms. The van der Waals surface area contributed by atoms with Gasteiger partial charge in [-0.25, -0.2) is 18.6 Å². The van der Waals surface area contributed by atoms with E-state index in [9.17, 15) is 13.6 Å². The summed E-state index contributed by atoms with van der Waals surface area (Å²) in [5.74, 6) is -2.76. The van der Waals surface area contributed by atoms with Gasteiger partial charge in [-0.2, -0.15) is 0 Å². The lowest BCUT2D eigenvalue weighted by Crippen LogP contribution is -2.14. The number of aromatic nitrogens is 2. The molecule has 0 saturated carbocycles. The number of carbonyl (C=O) groups is 1. The number of anilines is 1. The molecule has 0 aliphatic carbocycles. The average molecular weight is 281 g/mol. The molecule has 2 rings (SSSR count). The maximum atomic E-state index is 13.7. The monoisotopic (exact) mass is 281 g/mol. The Morgan fingerprint density at radius 2 is 2.10 bits per heavy atom. The molecule has 0 bridgehead atoms. The molecule has 1 unspecified atom stereocenters. The summed E-state index contributed by atoms with van der Waals surface area (Å²) in [6.45, 7) is 1.74. The number of hydrogen-bond acceptors (Lipinski definition) is 3. The minimum Gasteiger partial charge on any atom is -0.478 e. The second-order valence-corrected chi connectivity index (χ2v) is 4.38. The summed E-state index contributed by atoms with van der Waals surface area (Å²) in [6.07, 6.45) is 3.33. The average Bonchev–Trinajstić information content (AvgIpc) is 2.78. The van der Waals surface area contributed by atoms with Crippen LogP contribution < -0.4 is 5.32 Å². The molecule has 1 atom stereocenters. The van der Waals surface area contributed by atoms with Crippen molar-refractivity contribution in [3.05, 3.63) is 47.5 Å². The van der Waals surface area contributed by atoms with Gasteiger partial charge in [-0.15, -0.1) is 0 Å². The van der Waals surface area contributed by atoms with Crippen molar-refractivity contribution in [1.29, 1.82) is 0 Å². The number of halogens is 2. The van der Waals surface area contributed by atoms with Crippen LogP contribution in [0, 0.1) is 11.6 Å². The van der Waals surface area contributed by atoms with Crippen LogP contribution in [0.1, 0.15) is 29.1 Å². The Morgan fingerprint density at radius 1 is 1.40 bits per heavy atom. The van der Waals surface area contributed by atoms with Crippen molar-refractivity contribution < 1.29 is 18.7 Å². The highest BCUT2D eigenvalue weighted by molar-refractivity contribution is 5.89. The molecule has 0 aliphatic heterocycles. The van der Waals surface area contributed by atoms with E-state index < -0.39 is 23.2 Å². The van der Waals surface area contributed by atoms with Gasteiger partial charge in [0.25, 0.3) is 0 Å². The van der Waals surface area contributed by atoms with E-state index in [2.05, 4.69) is 10.3 Å². The molecular formula is C13H13F2N3O2. The van der Waals surface area contributed by atoms with Gasteiger partial charge in [0.15, 0.2) is 0 Å². The number of carboxylic acid groups (broad SMARTS) is 1. The fourth-order valence-corrected chi connectivity index (χ4v) is 1.92. The Kier molecular flexibility index (Phi) is 3.69. The highest BCUT2D eigenvalue weighted by Crippen LogP contribution is 2.23. The summed E-state index contributed by atoms with van der Waals surface area (Å²) < 4.78 is 28.7. The van der Waals surface area contributed by atoms with Crippen LogP contribution in [0.4, 0.5) is 14.5 Å². The van der Waals surface area contributed by atoms with Gasteiger partial charge in [0, 0.05) is 25.5 Å². The molecule has 0 radical (unpaired) electrons. The minimum absolute atomic E-state index is 0.0840. The quantitative estimate of drug-likeness (QED) is 0.904. The van der Waals surface area contributed by atoms with Gasteiger partial charge in [-0.05, 0) is 13.0 Å². The van der Waals surface area contributed by atoms with Crippen LogP contribution in [0.15, 0.2) is 24.5 Å². The third-order valence-corrected chi connectivity index (χ3v) is 2.90. The number of carboxylic acids is 1. The summed E-state index contributed by atoms with van der Waals surface area (Å²) in [7, 11) is 1.78. The summed E-state index contributed by atoms with van der Waals surface area (Å²) in [6, 6.07) is 1.13. The fraction of sp³-hybridized carbons (Fsp3) is 0.231. The predicted octanol–water partition coefficient (Wildman–Crippen LogP) is 2.57. The van der Waals surface area contributed by atoms with Crippen molar-refractivity contribution in [1.82, 2.24) is 9.55 Å². The second-order valence-electron chi connectivity index (χ2n) is 4.38. The van der Waals surface area contributed by atoms with Crippen LogP contribution in [0.5, 0.6) is 0 Å². The lowest BCUT2D eigenvalue weighted by Gasteiger charge is -2.16. The van der Waals surface area contributed by atoms with Crippen molar-refractivity contribution in [3.8, 4) is 0 Å². The normalized spacial score (nSPS) is 12.2. The van der Waals surface area contributed by atoms with Gasteiger partial charge >= 0.3 is 5.97 Å². The van der Waals surface area contributed by atoms with Gasteiger partial charge in [0.05, 0.1) is 17.3 Å². The Labute approximate surface area is 113 Å². The molecule has 106 valence electrons. The highest BCUT2D eigenvalue weighted by Gasteiger charge is 2.18.